The lowest BCUT2D eigenvalue weighted by Crippen LogP contribution is -2.31. The first-order valence-electron chi connectivity index (χ1n) is 7.11. The number of hydrogen-bond donors (Lipinski definition) is 2. The predicted octanol–water partition coefficient (Wildman–Crippen LogP) is 1.12. The van der Waals surface area contributed by atoms with Crippen molar-refractivity contribution in [3.63, 3.8) is 0 Å². The minimum absolute atomic E-state index is 0.147. The van der Waals surface area contributed by atoms with Gasteiger partial charge in [0.2, 0.25) is 5.91 Å². The molecule has 1 amide bonds. The van der Waals surface area contributed by atoms with E-state index in [1.54, 1.807) is 4.68 Å². The van der Waals surface area contributed by atoms with Crippen molar-refractivity contribution in [3.8, 4) is 0 Å². The Hall–Kier alpha value is -1.36. The van der Waals surface area contributed by atoms with Crippen LogP contribution in [0, 0.1) is 12.8 Å². The lowest BCUT2D eigenvalue weighted by atomic mass is 9.94. The van der Waals surface area contributed by atoms with Crippen LogP contribution in [0.1, 0.15) is 36.9 Å². The minimum atomic E-state index is 0.147. The zero-order valence-corrected chi connectivity index (χ0v) is 11.9. The van der Waals surface area contributed by atoms with Crippen molar-refractivity contribution in [2.24, 2.45) is 13.0 Å². The van der Waals surface area contributed by atoms with Gasteiger partial charge in [-0.05, 0) is 45.2 Å². The molecule has 1 atom stereocenters. The van der Waals surface area contributed by atoms with Gasteiger partial charge in [0.25, 0.3) is 0 Å². The Bertz CT molecular complexity index is 421. The molecule has 0 aliphatic carbocycles. The highest BCUT2D eigenvalue weighted by Gasteiger charge is 2.14. The van der Waals surface area contributed by atoms with E-state index in [1.165, 1.54) is 12.8 Å². The third-order valence-electron chi connectivity index (χ3n) is 3.77. The molecule has 5 nitrogen and oxygen atoms in total. The Balaban J connectivity index is 1.68. The minimum Gasteiger partial charge on any atom is -0.352 e. The van der Waals surface area contributed by atoms with Gasteiger partial charge in [-0.2, -0.15) is 5.10 Å². The number of carbonyl (C=O) groups is 1. The van der Waals surface area contributed by atoms with E-state index in [0.29, 0.717) is 18.9 Å². The van der Waals surface area contributed by atoms with Crippen LogP contribution in [-0.4, -0.2) is 28.8 Å². The molecule has 0 radical (unpaired) electrons. The number of piperidine rings is 1. The SMILES string of the molecule is Cc1nn(C)cc1CNC(=O)CCC1CCCNC1. The lowest BCUT2D eigenvalue weighted by molar-refractivity contribution is -0.121. The summed E-state index contributed by atoms with van der Waals surface area (Å²) in [5.74, 6) is 0.813. The molecule has 1 aromatic heterocycles. The molecule has 5 heteroatoms. The number of nitrogens with one attached hydrogen (secondary N) is 2. The van der Waals surface area contributed by atoms with E-state index in [0.717, 1.165) is 30.8 Å². The second-order valence-corrected chi connectivity index (χ2v) is 5.44. The van der Waals surface area contributed by atoms with Gasteiger partial charge >= 0.3 is 0 Å². The molecule has 1 aliphatic rings. The van der Waals surface area contributed by atoms with Gasteiger partial charge < -0.3 is 10.6 Å². The maximum absolute atomic E-state index is 11.8. The summed E-state index contributed by atoms with van der Waals surface area (Å²) in [5, 5.41) is 10.6. The van der Waals surface area contributed by atoms with Crippen LogP contribution in [0.2, 0.25) is 0 Å². The average Bonchev–Trinajstić information content (AvgIpc) is 2.73. The Labute approximate surface area is 114 Å². The van der Waals surface area contributed by atoms with Crippen molar-refractivity contribution in [2.45, 2.75) is 39.2 Å². The molecule has 1 unspecified atom stereocenters. The summed E-state index contributed by atoms with van der Waals surface area (Å²) in [5.41, 5.74) is 2.08. The fourth-order valence-corrected chi connectivity index (χ4v) is 2.61. The van der Waals surface area contributed by atoms with Gasteiger partial charge in [-0.3, -0.25) is 9.48 Å². The molecule has 0 saturated carbocycles. The quantitative estimate of drug-likeness (QED) is 0.838. The maximum atomic E-state index is 11.8. The third-order valence-corrected chi connectivity index (χ3v) is 3.77. The third kappa shape index (κ3) is 4.35. The van der Waals surface area contributed by atoms with Crippen LogP contribution in [0.3, 0.4) is 0 Å². The van der Waals surface area contributed by atoms with E-state index < -0.39 is 0 Å². The van der Waals surface area contributed by atoms with E-state index in [4.69, 9.17) is 0 Å². The molecule has 1 fully saturated rings. The highest BCUT2D eigenvalue weighted by atomic mass is 16.1. The number of aromatic nitrogens is 2. The van der Waals surface area contributed by atoms with Crippen LogP contribution in [0.15, 0.2) is 6.20 Å². The van der Waals surface area contributed by atoms with Crippen LogP contribution in [0.5, 0.6) is 0 Å². The van der Waals surface area contributed by atoms with Gasteiger partial charge in [0, 0.05) is 31.8 Å². The second-order valence-electron chi connectivity index (χ2n) is 5.44. The average molecular weight is 264 g/mol. The zero-order chi connectivity index (χ0) is 13.7. The van der Waals surface area contributed by atoms with Crippen molar-refractivity contribution in [3.05, 3.63) is 17.5 Å². The van der Waals surface area contributed by atoms with Gasteiger partial charge in [-0.15, -0.1) is 0 Å². The summed E-state index contributed by atoms with van der Waals surface area (Å²) >= 11 is 0. The summed E-state index contributed by atoms with van der Waals surface area (Å²) in [6.07, 6.45) is 6.07. The van der Waals surface area contributed by atoms with Crippen molar-refractivity contribution in [1.29, 1.82) is 0 Å². The Morgan fingerprint density at radius 2 is 2.47 bits per heavy atom. The molecule has 1 saturated heterocycles. The predicted molar refractivity (Wildman–Crippen MR) is 74.6 cm³/mol. The highest BCUT2D eigenvalue weighted by molar-refractivity contribution is 5.75. The number of hydrogen-bond acceptors (Lipinski definition) is 3. The number of rotatable bonds is 5. The Morgan fingerprint density at radius 3 is 3.11 bits per heavy atom. The molecule has 0 bridgehead atoms. The molecule has 2 rings (SSSR count). The molecule has 2 N–H and O–H groups in total. The van der Waals surface area contributed by atoms with Crippen molar-refractivity contribution in [2.75, 3.05) is 13.1 Å². The topological polar surface area (TPSA) is 59.0 Å². The van der Waals surface area contributed by atoms with E-state index in [9.17, 15) is 4.79 Å². The van der Waals surface area contributed by atoms with Gasteiger partial charge in [-0.25, -0.2) is 0 Å². The number of carbonyl (C=O) groups excluding carboxylic acids is 1. The first-order chi connectivity index (χ1) is 9.15. The normalized spacial score (nSPS) is 19.4. The maximum Gasteiger partial charge on any atom is 0.220 e. The smallest absolute Gasteiger partial charge is 0.220 e. The van der Waals surface area contributed by atoms with E-state index in [1.807, 2.05) is 20.2 Å². The molecule has 106 valence electrons. The van der Waals surface area contributed by atoms with Gasteiger partial charge in [0.15, 0.2) is 0 Å². The molecule has 0 aromatic carbocycles. The zero-order valence-electron chi connectivity index (χ0n) is 11.9. The van der Waals surface area contributed by atoms with Crippen LogP contribution in [0.25, 0.3) is 0 Å². The molecule has 2 heterocycles. The van der Waals surface area contributed by atoms with Crippen LogP contribution in [-0.2, 0) is 18.4 Å². The summed E-state index contributed by atoms with van der Waals surface area (Å²) in [4.78, 5) is 11.8. The van der Waals surface area contributed by atoms with E-state index >= 15 is 0 Å². The molecule has 19 heavy (non-hydrogen) atoms. The van der Waals surface area contributed by atoms with Gasteiger partial charge in [0.1, 0.15) is 0 Å². The second kappa shape index (κ2) is 6.70. The number of aryl methyl sites for hydroxylation is 2. The van der Waals surface area contributed by atoms with Crippen LogP contribution >= 0.6 is 0 Å². The number of nitrogens with zero attached hydrogens (tertiary/aromatic N) is 2. The van der Waals surface area contributed by atoms with Crippen molar-refractivity contribution < 1.29 is 4.79 Å². The first-order valence-corrected chi connectivity index (χ1v) is 7.11. The molecule has 1 aromatic rings. The molecular formula is C14H24N4O. The van der Waals surface area contributed by atoms with Gasteiger partial charge in [-0.1, -0.05) is 0 Å². The summed E-state index contributed by atoms with van der Waals surface area (Å²) in [6.45, 7) is 4.74. The van der Waals surface area contributed by atoms with Crippen LogP contribution in [0.4, 0.5) is 0 Å². The van der Waals surface area contributed by atoms with E-state index in [2.05, 4.69) is 15.7 Å². The highest BCUT2D eigenvalue weighted by Crippen LogP contribution is 2.15. The summed E-state index contributed by atoms with van der Waals surface area (Å²) in [6, 6.07) is 0. The lowest BCUT2D eigenvalue weighted by Gasteiger charge is -2.22. The molecule has 1 aliphatic heterocycles. The number of amides is 1. The Morgan fingerprint density at radius 1 is 1.63 bits per heavy atom. The Kier molecular flexibility index (Phi) is 4.96. The summed E-state index contributed by atoms with van der Waals surface area (Å²) < 4.78 is 1.78. The monoisotopic (exact) mass is 264 g/mol. The fraction of sp³-hybridized carbons (Fsp3) is 0.714. The standard InChI is InChI=1S/C14H24N4O/c1-11-13(10-18(2)17-11)9-16-14(19)6-5-12-4-3-7-15-8-12/h10,12,15H,3-9H2,1-2H3,(H,16,19). The van der Waals surface area contributed by atoms with Crippen molar-refractivity contribution >= 4 is 5.91 Å². The van der Waals surface area contributed by atoms with E-state index in [-0.39, 0.29) is 5.91 Å². The molecule has 0 spiro atoms. The summed E-state index contributed by atoms with van der Waals surface area (Å²) in [7, 11) is 1.90. The molecular weight excluding hydrogens is 240 g/mol. The largest absolute Gasteiger partial charge is 0.352 e. The first kappa shape index (κ1) is 14.1. The van der Waals surface area contributed by atoms with Crippen molar-refractivity contribution in [1.82, 2.24) is 20.4 Å². The van der Waals surface area contributed by atoms with Gasteiger partial charge in [0.05, 0.1) is 5.69 Å². The fourth-order valence-electron chi connectivity index (χ4n) is 2.61. The van der Waals surface area contributed by atoms with Crippen LogP contribution < -0.4 is 10.6 Å².